The maximum Gasteiger partial charge on any atom is 0.217 e. The minimum atomic E-state index is -0.895. The van der Waals surface area contributed by atoms with Crippen LogP contribution in [0.5, 0.6) is 0 Å². The minimum absolute atomic E-state index is 0.211. The highest BCUT2D eigenvalue weighted by atomic mass is 16.7. The Bertz CT molecular complexity index is 577. The summed E-state index contributed by atoms with van der Waals surface area (Å²) in [6.45, 7) is 1.55. The van der Waals surface area contributed by atoms with Gasteiger partial charge in [-0.3, -0.25) is 9.59 Å². The van der Waals surface area contributed by atoms with E-state index in [-0.39, 0.29) is 18.3 Å². The number of nitrogens with one attached hydrogen (secondary N) is 1. The fraction of sp³-hybridized carbons (Fsp3) is 0.500. The van der Waals surface area contributed by atoms with E-state index in [4.69, 9.17) is 18.9 Å². The Balaban J connectivity index is 1.77. The molecule has 0 saturated carbocycles. The molecule has 2 saturated heterocycles. The number of hydrogen-bond donors (Lipinski definition) is 1. The maximum absolute atomic E-state index is 12.7. The van der Waals surface area contributed by atoms with Crippen molar-refractivity contribution in [1.82, 2.24) is 5.32 Å². The molecule has 5 atom stereocenters. The summed E-state index contributed by atoms with van der Waals surface area (Å²) in [5.74, 6) is -0.605. The minimum Gasteiger partial charge on any atom is -0.353 e. The second-order valence-electron chi connectivity index (χ2n) is 5.49. The average Bonchev–Trinajstić information content (AvgIpc) is 2.57. The molecule has 7 heteroatoms. The second kappa shape index (κ2) is 6.76. The first-order valence-electron chi connectivity index (χ1n) is 7.41. The van der Waals surface area contributed by atoms with Gasteiger partial charge in [0.05, 0.1) is 6.61 Å². The molecule has 1 aromatic carbocycles. The third kappa shape index (κ3) is 3.28. The van der Waals surface area contributed by atoms with Crippen molar-refractivity contribution < 1.29 is 28.5 Å². The van der Waals surface area contributed by atoms with Gasteiger partial charge >= 0.3 is 0 Å². The van der Waals surface area contributed by atoms with Crippen LogP contribution in [0.15, 0.2) is 30.3 Å². The molecule has 0 spiro atoms. The highest BCUT2D eigenvalue weighted by Crippen LogP contribution is 2.32. The molecule has 1 aromatic rings. The summed E-state index contributed by atoms with van der Waals surface area (Å²) >= 11 is 0. The molecule has 0 aliphatic carbocycles. The fourth-order valence-electron chi connectivity index (χ4n) is 2.79. The lowest BCUT2D eigenvalue weighted by Gasteiger charge is -2.43. The first kappa shape index (κ1) is 16.1. The molecule has 1 amide bonds. The molecule has 2 aliphatic rings. The van der Waals surface area contributed by atoms with Crippen LogP contribution in [0.3, 0.4) is 0 Å². The molecule has 7 nitrogen and oxygen atoms in total. The van der Waals surface area contributed by atoms with E-state index in [9.17, 15) is 9.59 Å². The van der Waals surface area contributed by atoms with Crippen molar-refractivity contribution in [3.05, 3.63) is 35.9 Å². The quantitative estimate of drug-likeness (QED) is 0.875. The van der Waals surface area contributed by atoms with Gasteiger partial charge in [-0.25, -0.2) is 0 Å². The Morgan fingerprint density at radius 3 is 2.65 bits per heavy atom. The normalized spacial score (nSPS) is 33.8. The summed E-state index contributed by atoms with van der Waals surface area (Å²) in [5.41, 5.74) is 0.823. The Morgan fingerprint density at radius 2 is 2.00 bits per heavy atom. The van der Waals surface area contributed by atoms with Gasteiger partial charge in [0.2, 0.25) is 5.91 Å². The predicted molar refractivity (Wildman–Crippen MR) is 78.3 cm³/mol. The lowest BCUT2D eigenvalue weighted by atomic mass is 9.97. The van der Waals surface area contributed by atoms with Gasteiger partial charge in [-0.05, 0) is 0 Å². The Labute approximate surface area is 133 Å². The van der Waals surface area contributed by atoms with Gasteiger partial charge in [-0.15, -0.1) is 0 Å². The zero-order valence-electron chi connectivity index (χ0n) is 12.9. The van der Waals surface area contributed by atoms with Crippen molar-refractivity contribution in [1.29, 1.82) is 0 Å². The van der Waals surface area contributed by atoms with Crippen molar-refractivity contribution in [3.63, 3.8) is 0 Å². The van der Waals surface area contributed by atoms with Crippen molar-refractivity contribution in [2.75, 3.05) is 13.7 Å². The summed E-state index contributed by atoms with van der Waals surface area (Å²) in [6, 6.07) is 8.46. The number of ether oxygens (including phenoxy) is 4. The molecular weight excluding hydrogens is 302 g/mol. The van der Waals surface area contributed by atoms with Crippen molar-refractivity contribution in [2.45, 2.75) is 37.8 Å². The highest BCUT2D eigenvalue weighted by molar-refractivity contribution is 5.93. The van der Waals surface area contributed by atoms with E-state index in [2.05, 4.69) is 5.32 Å². The van der Waals surface area contributed by atoms with Gasteiger partial charge in [0.15, 0.2) is 18.4 Å². The maximum atomic E-state index is 12.7. The number of benzene rings is 1. The van der Waals surface area contributed by atoms with E-state index < -0.39 is 30.8 Å². The Hall–Kier alpha value is -1.80. The molecule has 2 heterocycles. The van der Waals surface area contributed by atoms with Crippen LogP contribution in [-0.4, -0.2) is 49.9 Å². The lowest BCUT2D eigenvalue weighted by Crippen LogP contribution is -2.64. The van der Waals surface area contributed by atoms with Gasteiger partial charge in [0, 0.05) is 19.6 Å². The molecular formula is C16H19NO6. The Morgan fingerprint density at radius 1 is 1.26 bits per heavy atom. The highest BCUT2D eigenvalue weighted by Gasteiger charge is 2.49. The number of carbonyl (C=O) groups excluding carboxylic acids is 2. The zero-order chi connectivity index (χ0) is 16.4. The number of methoxy groups -OCH3 is 1. The number of fused-ring (bicyclic) bond motifs is 1. The molecule has 3 rings (SSSR count). The van der Waals surface area contributed by atoms with Crippen LogP contribution in [0.1, 0.15) is 18.8 Å². The van der Waals surface area contributed by atoms with E-state index in [0.717, 1.165) is 5.56 Å². The van der Waals surface area contributed by atoms with Crippen molar-refractivity contribution in [2.24, 2.45) is 0 Å². The molecule has 124 valence electrons. The number of hydrogen-bond acceptors (Lipinski definition) is 6. The van der Waals surface area contributed by atoms with Crippen LogP contribution in [-0.2, 0) is 28.5 Å². The monoisotopic (exact) mass is 321 g/mol. The smallest absolute Gasteiger partial charge is 0.217 e. The van der Waals surface area contributed by atoms with Crippen LogP contribution in [0.4, 0.5) is 0 Å². The second-order valence-corrected chi connectivity index (χ2v) is 5.49. The summed E-state index contributed by atoms with van der Waals surface area (Å²) in [7, 11) is 1.42. The third-order valence-electron chi connectivity index (χ3n) is 3.85. The molecule has 23 heavy (non-hydrogen) atoms. The number of Topliss-reactive ketones (excluding diaryl/α,β-unsaturated/α-hetero) is 1. The van der Waals surface area contributed by atoms with Crippen LogP contribution in [0.25, 0.3) is 0 Å². The van der Waals surface area contributed by atoms with Crippen LogP contribution in [0, 0.1) is 0 Å². The number of ketones is 1. The zero-order valence-corrected chi connectivity index (χ0v) is 12.9. The standard InChI is InChI=1S/C16H19NO6/c1-9(18)17-12-13(19)14-11(22-16(12)20-2)8-21-15(23-14)10-6-4-3-5-7-10/h3-7,11-12,14-16H,8H2,1-2H3,(H,17,18)/t11-,12-,14-,15?,16+/m1/s1. The number of rotatable bonds is 3. The van der Waals surface area contributed by atoms with E-state index in [0.29, 0.717) is 0 Å². The first-order chi connectivity index (χ1) is 11.1. The van der Waals surface area contributed by atoms with Crippen molar-refractivity contribution in [3.8, 4) is 0 Å². The summed E-state index contributed by atoms with van der Waals surface area (Å²) < 4.78 is 22.3. The summed E-state index contributed by atoms with van der Waals surface area (Å²) in [6.07, 6.45) is -2.86. The molecule has 0 bridgehead atoms. The van der Waals surface area contributed by atoms with Crippen LogP contribution in [0.2, 0.25) is 0 Å². The molecule has 0 radical (unpaired) electrons. The lowest BCUT2D eigenvalue weighted by molar-refractivity contribution is -0.302. The van der Waals surface area contributed by atoms with Gasteiger partial charge in [-0.2, -0.15) is 0 Å². The first-order valence-corrected chi connectivity index (χ1v) is 7.41. The third-order valence-corrected chi connectivity index (χ3v) is 3.85. The molecule has 1 unspecified atom stereocenters. The fourth-order valence-corrected chi connectivity index (χ4v) is 2.79. The van der Waals surface area contributed by atoms with E-state index >= 15 is 0 Å². The van der Waals surface area contributed by atoms with Crippen LogP contribution >= 0.6 is 0 Å². The van der Waals surface area contributed by atoms with Crippen LogP contribution < -0.4 is 5.32 Å². The molecule has 2 aliphatic heterocycles. The topological polar surface area (TPSA) is 83.1 Å². The SMILES string of the molecule is CO[C@H]1O[C@@H]2COC(c3ccccc3)O[C@H]2C(=O)[C@H]1NC(C)=O. The number of amides is 1. The average molecular weight is 321 g/mol. The largest absolute Gasteiger partial charge is 0.353 e. The summed E-state index contributed by atoms with van der Waals surface area (Å²) in [5, 5.41) is 2.56. The van der Waals surface area contributed by atoms with Gasteiger partial charge in [0.1, 0.15) is 18.2 Å². The molecule has 0 aromatic heterocycles. The van der Waals surface area contributed by atoms with Gasteiger partial charge < -0.3 is 24.3 Å². The summed E-state index contributed by atoms with van der Waals surface area (Å²) in [4.78, 5) is 24.0. The number of carbonyl (C=O) groups is 2. The van der Waals surface area contributed by atoms with Gasteiger partial charge in [-0.1, -0.05) is 30.3 Å². The van der Waals surface area contributed by atoms with E-state index in [1.165, 1.54) is 14.0 Å². The predicted octanol–water partition coefficient (Wildman–Crippen LogP) is 0.546. The van der Waals surface area contributed by atoms with E-state index in [1.54, 1.807) is 0 Å². The van der Waals surface area contributed by atoms with Gasteiger partial charge in [0.25, 0.3) is 0 Å². The molecule has 2 fully saturated rings. The van der Waals surface area contributed by atoms with E-state index in [1.807, 2.05) is 30.3 Å². The van der Waals surface area contributed by atoms with Crippen molar-refractivity contribution >= 4 is 11.7 Å². The Kier molecular flexibility index (Phi) is 4.72. The molecule has 1 N–H and O–H groups in total.